The van der Waals surface area contributed by atoms with E-state index in [2.05, 4.69) is 43.0 Å². The molecule has 1 aliphatic rings. The highest BCUT2D eigenvalue weighted by molar-refractivity contribution is 5.26. The molecule has 1 saturated heterocycles. The highest BCUT2D eigenvalue weighted by Gasteiger charge is 2.11. The van der Waals surface area contributed by atoms with Crippen molar-refractivity contribution in [1.82, 2.24) is 4.90 Å². The van der Waals surface area contributed by atoms with Crippen LogP contribution in [0.25, 0.3) is 0 Å². The molecule has 0 aromatic heterocycles. The van der Waals surface area contributed by atoms with Gasteiger partial charge < -0.3 is 4.74 Å². The van der Waals surface area contributed by atoms with Gasteiger partial charge in [0.25, 0.3) is 0 Å². The number of nitrogens with zero attached hydrogens (tertiary/aromatic N) is 1. The molecular formula is C15H23NO. The van der Waals surface area contributed by atoms with Crippen LogP contribution in [0.1, 0.15) is 37.3 Å². The van der Waals surface area contributed by atoms with E-state index < -0.39 is 0 Å². The van der Waals surface area contributed by atoms with Crippen molar-refractivity contribution in [2.75, 3.05) is 26.3 Å². The Morgan fingerprint density at radius 3 is 2.76 bits per heavy atom. The van der Waals surface area contributed by atoms with Crippen molar-refractivity contribution < 1.29 is 4.74 Å². The first-order valence-corrected chi connectivity index (χ1v) is 6.68. The summed E-state index contributed by atoms with van der Waals surface area (Å²) in [5, 5.41) is 0. The average molecular weight is 233 g/mol. The van der Waals surface area contributed by atoms with Gasteiger partial charge in [-0.1, -0.05) is 38.1 Å². The first-order chi connectivity index (χ1) is 8.29. The second kappa shape index (κ2) is 6.18. The Hall–Kier alpha value is -0.860. The lowest BCUT2D eigenvalue weighted by atomic mass is 9.97. The van der Waals surface area contributed by atoms with Crippen LogP contribution in [-0.2, 0) is 11.3 Å². The number of benzene rings is 1. The van der Waals surface area contributed by atoms with Gasteiger partial charge in [-0.25, -0.2) is 0 Å². The fourth-order valence-corrected chi connectivity index (χ4v) is 2.25. The molecule has 0 saturated carbocycles. The summed E-state index contributed by atoms with van der Waals surface area (Å²) in [6.07, 6.45) is 1.21. The van der Waals surface area contributed by atoms with Gasteiger partial charge in [0.1, 0.15) is 0 Å². The van der Waals surface area contributed by atoms with Crippen LogP contribution in [0.3, 0.4) is 0 Å². The van der Waals surface area contributed by atoms with E-state index in [1.807, 2.05) is 0 Å². The van der Waals surface area contributed by atoms with Crippen molar-refractivity contribution in [3.63, 3.8) is 0 Å². The van der Waals surface area contributed by atoms with E-state index >= 15 is 0 Å². The Morgan fingerprint density at radius 1 is 1.29 bits per heavy atom. The Balaban J connectivity index is 2.00. The molecule has 0 radical (unpaired) electrons. The highest BCUT2D eigenvalue weighted by atomic mass is 16.5. The minimum atomic E-state index is 0.666. The van der Waals surface area contributed by atoms with Crippen LogP contribution >= 0.6 is 0 Å². The van der Waals surface area contributed by atoms with Crippen molar-refractivity contribution >= 4 is 0 Å². The molecule has 1 aromatic carbocycles. The maximum absolute atomic E-state index is 5.38. The van der Waals surface area contributed by atoms with Crippen molar-refractivity contribution in [3.05, 3.63) is 35.4 Å². The molecule has 17 heavy (non-hydrogen) atoms. The molecule has 0 aliphatic carbocycles. The largest absolute Gasteiger partial charge is 0.379 e. The van der Waals surface area contributed by atoms with Crippen LogP contribution < -0.4 is 0 Å². The summed E-state index contributed by atoms with van der Waals surface area (Å²) in [5.41, 5.74) is 2.91. The molecule has 1 aliphatic heterocycles. The van der Waals surface area contributed by atoms with E-state index in [1.165, 1.54) is 17.5 Å². The molecular weight excluding hydrogens is 210 g/mol. The molecule has 1 atom stereocenters. The molecule has 2 rings (SSSR count). The van der Waals surface area contributed by atoms with Crippen LogP contribution in [0.4, 0.5) is 0 Å². The molecule has 2 nitrogen and oxygen atoms in total. The molecule has 2 heteroatoms. The number of morpholine rings is 1. The molecule has 0 bridgehead atoms. The SMILES string of the molecule is CCC(C)c1cccc(CN2CCOCC2)c1. The summed E-state index contributed by atoms with van der Waals surface area (Å²) in [5.74, 6) is 0.666. The van der Waals surface area contributed by atoms with Crippen LogP contribution in [0.2, 0.25) is 0 Å². The van der Waals surface area contributed by atoms with E-state index in [9.17, 15) is 0 Å². The van der Waals surface area contributed by atoms with Gasteiger partial charge in [0.2, 0.25) is 0 Å². The third-order valence-electron chi connectivity index (χ3n) is 3.64. The Morgan fingerprint density at radius 2 is 2.06 bits per heavy atom. The third-order valence-corrected chi connectivity index (χ3v) is 3.64. The number of ether oxygens (including phenoxy) is 1. The van der Waals surface area contributed by atoms with E-state index in [-0.39, 0.29) is 0 Å². The highest BCUT2D eigenvalue weighted by Crippen LogP contribution is 2.20. The van der Waals surface area contributed by atoms with Crippen molar-refractivity contribution in [3.8, 4) is 0 Å². The van der Waals surface area contributed by atoms with Gasteiger partial charge in [0.15, 0.2) is 0 Å². The number of hydrogen-bond donors (Lipinski definition) is 0. The fraction of sp³-hybridized carbons (Fsp3) is 0.600. The minimum absolute atomic E-state index is 0.666. The summed E-state index contributed by atoms with van der Waals surface area (Å²) in [7, 11) is 0. The average Bonchev–Trinajstić information content (AvgIpc) is 2.39. The lowest BCUT2D eigenvalue weighted by Crippen LogP contribution is -2.35. The standard InChI is InChI=1S/C15H23NO/c1-3-13(2)15-6-4-5-14(11-15)12-16-7-9-17-10-8-16/h4-6,11,13H,3,7-10,12H2,1-2H3. The molecule has 0 amide bonds. The van der Waals surface area contributed by atoms with Crippen molar-refractivity contribution in [2.45, 2.75) is 32.7 Å². The quantitative estimate of drug-likeness (QED) is 0.792. The monoisotopic (exact) mass is 233 g/mol. The third kappa shape index (κ3) is 3.55. The van der Waals surface area contributed by atoms with Gasteiger partial charge in [-0.05, 0) is 23.5 Å². The summed E-state index contributed by atoms with van der Waals surface area (Å²) in [6, 6.07) is 9.04. The molecule has 94 valence electrons. The Labute approximate surface area is 105 Å². The second-order valence-corrected chi connectivity index (χ2v) is 4.94. The summed E-state index contributed by atoms with van der Waals surface area (Å²) in [6.45, 7) is 9.50. The molecule has 1 unspecified atom stereocenters. The van der Waals surface area contributed by atoms with E-state index in [0.717, 1.165) is 32.8 Å². The van der Waals surface area contributed by atoms with E-state index in [0.29, 0.717) is 5.92 Å². The lowest BCUT2D eigenvalue weighted by molar-refractivity contribution is 0.0342. The molecule has 0 spiro atoms. The number of hydrogen-bond acceptors (Lipinski definition) is 2. The number of rotatable bonds is 4. The molecule has 1 aromatic rings. The predicted molar refractivity (Wildman–Crippen MR) is 71.2 cm³/mol. The molecule has 0 N–H and O–H groups in total. The zero-order chi connectivity index (χ0) is 12.1. The molecule has 1 fully saturated rings. The Bertz CT molecular complexity index is 345. The molecule has 1 heterocycles. The van der Waals surface area contributed by atoms with Gasteiger partial charge in [-0.2, -0.15) is 0 Å². The van der Waals surface area contributed by atoms with Gasteiger partial charge in [-0.15, -0.1) is 0 Å². The topological polar surface area (TPSA) is 12.5 Å². The van der Waals surface area contributed by atoms with Gasteiger partial charge in [0.05, 0.1) is 13.2 Å². The van der Waals surface area contributed by atoms with Gasteiger partial charge in [0, 0.05) is 19.6 Å². The Kier molecular flexibility index (Phi) is 4.57. The van der Waals surface area contributed by atoms with Crippen LogP contribution in [0, 0.1) is 0 Å². The zero-order valence-corrected chi connectivity index (χ0v) is 11.0. The summed E-state index contributed by atoms with van der Waals surface area (Å²) < 4.78 is 5.38. The maximum atomic E-state index is 5.38. The van der Waals surface area contributed by atoms with Crippen LogP contribution in [-0.4, -0.2) is 31.2 Å². The first-order valence-electron chi connectivity index (χ1n) is 6.68. The van der Waals surface area contributed by atoms with Gasteiger partial charge in [-0.3, -0.25) is 4.90 Å². The van der Waals surface area contributed by atoms with Crippen LogP contribution in [0.15, 0.2) is 24.3 Å². The summed E-state index contributed by atoms with van der Waals surface area (Å²) >= 11 is 0. The van der Waals surface area contributed by atoms with Gasteiger partial charge >= 0.3 is 0 Å². The normalized spacial score (nSPS) is 19.2. The van der Waals surface area contributed by atoms with E-state index in [1.54, 1.807) is 0 Å². The zero-order valence-electron chi connectivity index (χ0n) is 11.0. The minimum Gasteiger partial charge on any atom is -0.379 e. The maximum Gasteiger partial charge on any atom is 0.0594 e. The smallest absolute Gasteiger partial charge is 0.0594 e. The van der Waals surface area contributed by atoms with Crippen molar-refractivity contribution in [1.29, 1.82) is 0 Å². The first kappa shape index (κ1) is 12.6. The lowest BCUT2D eigenvalue weighted by Gasteiger charge is -2.26. The van der Waals surface area contributed by atoms with Crippen LogP contribution in [0.5, 0.6) is 0 Å². The predicted octanol–water partition coefficient (Wildman–Crippen LogP) is 3.03. The summed E-state index contributed by atoms with van der Waals surface area (Å²) in [4.78, 5) is 2.47. The van der Waals surface area contributed by atoms with E-state index in [4.69, 9.17) is 4.74 Å². The van der Waals surface area contributed by atoms with Crippen molar-refractivity contribution in [2.24, 2.45) is 0 Å². The second-order valence-electron chi connectivity index (χ2n) is 4.94. The fourth-order valence-electron chi connectivity index (χ4n) is 2.25.